The number of nitrogens with zero attached hydrogens (tertiary/aromatic N) is 3. The van der Waals surface area contributed by atoms with Gasteiger partial charge in [-0.3, -0.25) is 9.97 Å². The summed E-state index contributed by atoms with van der Waals surface area (Å²) in [6, 6.07) is 8.39. The summed E-state index contributed by atoms with van der Waals surface area (Å²) in [5, 5.41) is 0. The van der Waals surface area contributed by atoms with Gasteiger partial charge in [-0.1, -0.05) is 6.08 Å². The number of hydrogen-bond donors (Lipinski definition) is 0. The third-order valence-corrected chi connectivity index (χ3v) is 3.45. The summed E-state index contributed by atoms with van der Waals surface area (Å²) < 4.78 is 0. The summed E-state index contributed by atoms with van der Waals surface area (Å²) >= 11 is 0. The molecule has 0 saturated carbocycles. The summed E-state index contributed by atoms with van der Waals surface area (Å²) in [5.41, 5.74) is 4.97. The van der Waals surface area contributed by atoms with Crippen molar-refractivity contribution >= 4 is 11.3 Å². The molecule has 0 atom stereocenters. The molecule has 19 heavy (non-hydrogen) atoms. The van der Waals surface area contributed by atoms with E-state index in [0.717, 1.165) is 25.2 Å². The molecular formula is C16H17N3. The molecule has 0 fully saturated rings. The van der Waals surface area contributed by atoms with Crippen LogP contribution in [0, 0.1) is 6.92 Å². The summed E-state index contributed by atoms with van der Waals surface area (Å²) in [5.74, 6) is 0. The Morgan fingerprint density at radius 1 is 1.11 bits per heavy atom. The normalized spacial score (nSPS) is 15.2. The maximum Gasteiger partial charge on any atom is 0.0432 e. The van der Waals surface area contributed by atoms with Crippen LogP contribution in [-0.4, -0.2) is 23.1 Å². The molecule has 96 valence electrons. The van der Waals surface area contributed by atoms with Gasteiger partial charge in [0.1, 0.15) is 0 Å². The third-order valence-electron chi connectivity index (χ3n) is 3.45. The maximum atomic E-state index is 4.26. The Morgan fingerprint density at radius 3 is 2.74 bits per heavy atom. The van der Waals surface area contributed by atoms with Crippen molar-refractivity contribution in [3.8, 4) is 0 Å². The van der Waals surface area contributed by atoms with Crippen molar-refractivity contribution in [2.45, 2.75) is 13.3 Å². The number of pyridine rings is 2. The number of aromatic nitrogens is 2. The van der Waals surface area contributed by atoms with Crippen LogP contribution in [0.5, 0.6) is 0 Å². The third kappa shape index (κ3) is 2.65. The fourth-order valence-corrected chi connectivity index (χ4v) is 2.47. The van der Waals surface area contributed by atoms with Crippen molar-refractivity contribution in [1.29, 1.82) is 0 Å². The van der Waals surface area contributed by atoms with Crippen LogP contribution in [0.25, 0.3) is 5.57 Å². The standard InChI is InChI=1S/C16H17N3/c1-13-11-16(6-9-18-13)19-10-2-3-15(12-19)14-4-7-17-8-5-14/h3-9,11H,2,10,12H2,1H3. The molecule has 0 saturated heterocycles. The average Bonchev–Trinajstić information content (AvgIpc) is 2.48. The lowest BCUT2D eigenvalue weighted by molar-refractivity contribution is 0.829. The van der Waals surface area contributed by atoms with Gasteiger partial charge >= 0.3 is 0 Å². The van der Waals surface area contributed by atoms with Crippen LogP contribution in [0.4, 0.5) is 5.69 Å². The van der Waals surface area contributed by atoms with E-state index in [1.165, 1.54) is 16.8 Å². The molecule has 0 aromatic carbocycles. The van der Waals surface area contributed by atoms with E-state index in [1.54, 1.807) is 0 Å². The summed E-state index contributed by atoms with van der Waals surface area (Å²) in [7, 11) is 0. The van der Waals surface area contributed by atoms with Crippen LogP contribution >= 0.6 is 0 Å². The highest BCUT2D eigenvalue weighted by Gasteiger charge is 2.14. The molecule has 0 unspecified atom stereocenters. The monoisotopic (exact) mass is 251 g/mol. The second-order valence-corrected chi connectivity index (χ2v) is 4.83. The molecule has 1 aliphatic rings. The Morgan fingerprint density at radius 2 is 1.95 bits per heavy atom. The first kappa shape index (κ1) is 11.9. The highest BCUT2D eigenvalue weighted by atomic mass is 15.1. The molecule has 3 heterocycles. The lowest BCUT2D eigenvalue weighted by Crippen LogP contribution is -2.29. The molecular weight excluding hydrogens is 234 g/mol. The molecule has 0 amide bonds. The SMILES string of the molecule is Cc1cc(N2CCC=C(c3ccncc3)C2)ccn1. The van der Waals surface area contributed by atoms with E-state index in [2.05, 4.69) is 45.2 Å². The van der Waals surface area contributed by atoms with Crippen molar-refractivity contribution < 1.29 is 0 Å². The molecule has 3 rings (SSSR count). The molecule has 2 aromatic rings. The topological polar surface area (TPSA) is 29.0 Å². The molecule has 0 spiro atoms. The van der Waals surface area contributed by atoms with Crippen LogP contribution in [0.3, 0.4) is 0 Å². The number of rotatable bonds is 2. The van der Waals surface area contributed by atoms with E-state index < -0.39 is 0 Å². The molecule has 1 aliphatic heterocycles. The predicted octanol–water partition coefficient (Wildman–Crippen LogP) is 3.08. The minimum absolute atomic E-state index is 0.952. The number of aryl methyl sites for hydroxylation is 1. The van der Waals surface area contributed by atoms with Crippen LogP contribution < -0.4 is 4.90 Å². The first-order valence-electron chi connectivity index (χ1n) is 6.60. The van der Waals surface area contributed by atoms with Gasteiger partial charge in [0.2, 0.25) is 0 Å². The molecule has 0 bridgehead atoms. The molecule has 0 aliphatic carbocycles. The molecule has 0 radical (unpaired) electrons. The van der Waals surface area contributed by atoms with Gasteiger partial charge < -0.3 is 4.90 Å². The minimum atomic E-state index is 0.952. The first-order chi connectivity index (χ1) is 9.33. The quantitative estimate of drug-likeness (QED) is 0.821. The van der Waals surface area contributed by atoms with Gasteiger partial charge in [0.15, 0.2) is 0 Å². The molecule has 3 nitrogen and oxygen atoms in total. The predicted molar refractivity (Wildman–Crippen MR) is 78.0 cm³/mol. The minimum Gasteiger partial charge on any atom is -0.367 e. The highest BCUT2D eigenvalue weighted by molar-refractivity contribution is 5.71. The zero-order valence-electron chi connectivity index (χ0n) is 11.1. The zero-order valence-corrected chi connectivity index (χ0v) is 11.1. The van der Waals surface area contributed by atoms with Gasteiger partial charge in [-0.25, -0.2) is 0 Å². The summed E-state index contributed by atoms with van der Waals surface area (Å²) in [6.07, 6.45) is 9.01. The maximum absolute atomic E-state index is 4.26. The van der Waals surface area contributed by atoms with E-state index in [0.29, 0.717) is 0 Å². The van der Waals surface area contributed by atoms with Gasteiger partial charge in [-0.15, -0.1) is 0 Å². The fraction of sp³-hybridized carbons (Fsp3) is 0.250. The fourth-order valence-electron chi connectivity index (χ4n) is 2.47. The summed E-state index contributed by atoms with van der Waals surface area (Å²) in [4.78, 5) is 10.7. The van der Waals surface area contributed by atoms with Crippen molar-refractivity contribution in [2.24, 2.45) is 0 Å². The highest BCUT2D eigenvalue weighted by Crippen LogP contribution is 2.24. The Labute approximate surface area is 113 Å². The average molecular weight is 251 g/mol. The molecule has 3 heteroatoms. The first-order valence-corrected chi connectivity index (χ1v) is 6.60. The van der Waals surface area contributed by atoms with Crippen molar-refractivity contribution in [1.82, 2.24) is 9.97 Å². The van der Waals surface area contributed by atoms with Crippen LogP contribution in [-0.2, 0) is 0 Å². The number of hydrogen-bond acceptors (Lipinski definition) is 3. The van der Waals surface area contributed by atoms with Gasteiger partial charge in [-0.2, -0.15) is 0 Å². The van der Waals surface area contributed by atoms with E-state index in [-0.39, 0.29) is 0 Å². The van der Waals surface area contributed by atoms with Crippen molar-refractivity contribution in [3.05, 3.63) is 60.2 Å². The number of anilines is 1. The van der Waals surface area contributed by atoms with E-state index in [1.807, 2.05) is 25.5 Å². The van der Waals surface area contributed by atoms with Gasteiger partial charge in [0, 0.05) is 43.1 Å². The van der Waals surface area contributed by atoms with E-state index >= 15 is 0 Å². The Hall–Kier alpha value is -2.16. The van der Waals surface area contributed by atoms with Crippen molar-refractivity contribution in [3.63, 3.8) is 0 Å². The second kappa shape index (κ2) is 5.22. The van der Waals surface area contributed by atoms with Gasteiger partial charge in [0.05, 0.1) is 0 Å². The zero-order chi connectivity index (χ0) is 13.1. The molecule has 2 aromatic heterocycles. The van der Waals surface area contributed by atoms with Crippen LogP contribution in [0.2, 0.25) is 0 Å². The van der Waals surface area contributed by atoms with E-state index in [9.17, 15) is 0 Å². The summed E-state index contributed by atoms with van der Waals surface area (Å²) in [6.45, 7) is 4.05. The van der Waals surface area contributed by atoms with Gasteiger partial charge in [-0.05, 0) is 48.7 Å². The molecule has 0 N–H and O–H groups in total. The van der Waals surface area contributed by atoms with Gasteiger partial charge in [0.25, 0.3) is 0 Å². The Bertz CT molecular complexity index is 590. The lowest BCUT2D eigenvalue weighted by atomic mass is 10.0. The second-order valence-electron chi connectivity index (χ2n) is 4.83. The Kier molecular flexibility index (Phi) is 3.27. The van der Waals surface area contributed by atoms with E-state index in [4.69, 9.17) is 0 Å². The van der Waals surface area contributed by atoms with Crippen LogP contribution in [0.15, 0.2) is 48.9 Å². The Balaban J connectivity index is 1.83. The largest absolute Gasteiger partial charge is 0.367 e. The smallest absolute Gasteiger partial charge is 0.0432 e. The van der Waals surface area contributed by atoms with Crippen LogP contribution in [0.1, 0.15) is 17.7 Å². The lowest BCUT2D eigenvalue weighted by Gasteiger charge is -2.29. The van der Waals surface area contributed by atoms with Crippen molar-refractivity contribution in [2.75, 3.05) is 18.0 Å².